The Hall–Kier alpha value is -2.27. The Bertz CT molecular complexity index is 585. The van der Waals surface area contributed by atoms with Gasteiger partial charge >= 0.3 is 6.03 Å². The summed E-state index contributed by atoms with van der Waals surface area (Å²) in [5, 5.41) is 4.08. The lowest BCUT2D eigenvalue weighted by atomic mass is 10.1. The van der Waals surface area contributed by atoms with Crippen LogP contribution < -0.4 is 11.2 Å². The molecule has 3 N–H and O–H groups in total. The fraction of sp³-hybridized carbons (Fsp3) is 0.0667. The van der Waals surface area contributed by atoms with E-state index in [1.54, 1.807) is 11.8 Å². The lowest BCUT2D eigenvalue weighted by molar-refractivity contribution is 0.249. The molecule has 0 aliphatic heterocycles. The zero-order valence-corrected chi connectivity index (χ0v) is 11.6. The third kappa shape index (κ3) is 4.44. The lowest BCUT2D eigenvalue weighted by Gasteiger charge is -2.07. The lowest BCUT2D eigenvalue weighted by Crippen LogP contribution is -2.26. The predicted molar refractivity (Wildman–Crippen MR) is 82.9 cm³/mol. The average Bonchev–Trinajstić information content (AvgIpc) is 2.49. The summed E-state index contributed by atoms with van der Waals surface area (Å²) in [5.41, 5.74) is 9.09. The molecule has 0 atom stereocenters. The molecule has 4 nitrogen and oxygen atoms in total. The zero-order valence-electron chi connectivity index (χ0n) is 10.8. The highest BCUT2D eigenvalue weighted by Gasteiger charge is 2.05. The number of carbonyl (C=O) groups is 1. The molecule has 0 saturated carbocycles. The van der Waals surface area contributed by atoms with Crippen LogP contribution in [0.2, 0.25) is 0 Å². The second-order valence-corrected chi connectivity index (χ2v) is 5.05. The van der Waals surface area contributed by atoms with Gasteiger partial charge in [-0.25, -0.2) is 10.2 Å². The van der Waals surface area contributed by atoms with E-state index in [0.717, 1.165) is 16.2 Å². The van der Waals surface area contributed by atoms with E-state index in [1.165, 1.54) is 0 Å². The molecular formula is C15H15N3OS. The molecule has 0 bridgehead atoms. The number of hydrazone groups is 1. The van der Waals surface area contributed by atoms with Crippen molar-refractivity contribution < 1.29 is 4.79 Å². The van der Waals surface area contributed by atoms with Gasteiger partial charge in [-0.3, -0.25) is 0 Å². The van der Waals surface area contributed by atoms with Crippen molar-refractivity contribution in [3.05, 3.63) is 66.2 Å². The van der Waals surface area contributed by atoms with Gasteiger partial charge in [-0.1, -0.05) is 48.5 Å². The van der Waals surface area contributed by atoms with Gasteiger partial charge in [0, 0.05) is 10.6 Å². The summed E-state index contributed by atoms with van der Waals surface area (Å²) >= 11 is 1.65. The van der Waals surface area contributed by atoms with Crippen LogP contribution in [-0.2, 0) is 0 Å². The van der Waals surface area contributed by atoms with Crippen LogP contribution in [-0.4, -0.2) is 17.5 Å². The largest absolute Gasteiger partial charge is 0.350 e. The normalized spacial score (nSPS) is 11.1. The highest BCUT2D eigenvalue weighted by molar-refractivity contribution is 8.00. The van der Waals surface area contributed by atoms with Crippen LogP contribution in [0.5, 0.6) is 0 Å². The molecule has 2 rings (SSSR count). The molecule has 0 aliphatic rings. The number of primary amides is 1. The first kappa shape index (κ1) is 14.1. The molecule has 0 fully saturated rings. The third-order valence-corrected chi connectivity index (χ3v) is 3.55. The SMILES string of the molecule is NC(=O)N/N=C(/CSc1ccccc1)c1ccccc1. The smallest absolute Gasteiger partial charge is 0.332 e. The van der Waals surface area contributed by atoms with Gasteiger partial charge in [0.15, 0.2) is 0 Å². The summed E-state index contributed by atoms with van der Waals surface area (Å²) < 4.78 is 0. The number of nitrogens with zero attached hydrogens (tertiary/aromatic N) is 1. The molecule has 5 heteroatoms. The molecule has 0 spiro atoms. The van der Waals surface area contributed by atoms with Gasteiger partial charge in [0.25, 0.3) is 0 Å². The Kier molecular flexibility index (Phi) is 5.20. The van der Waals surface area contributed by atoms with Crippen molar-refractivity contribution in [2.24, 2.45) is 10.8 Å². The molecule has 20 heavy (non-hydrogen) atoms. The van der Waals surface area contributed by atoms with E-state index < -0.39 is 6.03 Å². The summed E-state index contributed by atoms with van der Waals surface area (Å²) in [6.45, 7) is 0. The first-order chi connectivity index (χ1) is 9.75. The second-order valence-electron chi connectivity index (χ2n) is 4.00. The van der Waals surface area contributed by atoms with Crippen LogP contribution in [0, 0.1) is 0 Å². The Labute approximate surface area is 122 Å². The Balaban J connectivity index is 2.11. The maximum Gasteiger partial charge on any atom is 0.332 e. The summed E-state index contributed by atoms with van der Waals surface area (Å²) in [4.78, 5) is 12.0. The van der Waals surface area contributed by atoms with E-state index in [-0.39, 0.29) is 0 Å². The quantitative estimate of drug-likeness (QED) is 0.504. The third-order valence-electron chi connectivity index (χ3n) is 2.53. The highest BCUT2D eigenvalue weighted by Crippen LogP contribution is 2.18. The number of hydrogen-bond donors (Lipinski definition) is 2. The van der Waals surface area contributed by atoms with Gasteiger partial charge in [-0.15, -0.1) is 11.8 Å². The number of nitrogens with one attached hydrogen (secondary N) is 1. The molecule has 0 aliphatic carbocycles. The minimum absolute atomic E-state index is 0.647. The number of urea groups is 1. The van der Waals surface area contributed by atoms with Gasteiger partial charge in [0.05, 0.1) is 5.71 Å². The van der Waals surface area contributed by atoms with E-state index in [1.807, 2.05) is 60.7 Å². The first-order valence-corrected chi connectivity index (χ1v) is 7.09. The standard InChI is InChI=1S/C15H15N3OS/c16-15(19)18-17-14(12-7-3-1-4-8-12)11-20-13-9-5-2-6-10-13/h1-10H,11H2,(H3,16,18,19)/b17-14-. The van der Waals surface area contributed by atoms with E-state index in [4.69, 9.17) is 5.73 Å². The summed E-state index contributed by atoms with van der Waals surface area (Å²) in [6.07, 6.45) is 0. The number of benzene rings is 2. The first-order valence-electron chi connectivity index (χ1n) is 6.11. The zero-order chi connectivity index (χ0) is 14.2. The van der Waals surface area contributed by atoms with Crippen molar-refractivity contribution in [2.75, 3.05) is 5.75 Å². The topological polar surface area (TPSA) is 67.5 Å². The van der Waals surface area contributed by atoms with E-state index in [0.29, 0.717) is 5.75 Å². The maximum atomic E-state index is 10.8. The van der Waals surface area contributed by atoms with Crippen molar-refractivity contribution in [3.63, 3.8) is 0 Å². The second kappa shape index (κ2) is 7.35. The van der Waals surface area contributed by atoms with Gasteiger partial charge < -0.3 is 5.73 Å². The Morgan fingerprint density at radius 1 is 1.05 bits per heavy atom. The van der Waals surface area contributed by atoms with Gasteiger partial charge in [-0.2, -0.15) is 5.10 Å². The fourth-order valence-corrected chi connectivity index (χ4v) is 2.49. The summed E-state index contributed by atoms with van der Waals surface area (Å²) in [5.74, 6) is 0.647. The molecule has 2 amide bonds. The van der Waals surface area contributed by atoms with Crippen LogP contribution in [0.25, 0.3) is 0 Å². The van der Waals surface area contributed by atoms with E-state index in [9.17, 15) is 4.79 Å². The molecule has 0 radical (unpaired) electrons. The van der Waals surface area contributed by atoms with Gasteiger partial charge in [0.1, 0.15) is 0 Å². The Morgan fingerprint density at radius 3 is 2.25 bits per heavy atom. The molecule has 2 aromatic rings. The van der Waals surface area contributed by atoms with Crippen LogP contribution in [0.4, 0.5) is 4.79 Å². The van der Waals surface area contributed by atoms with Crippen LogP contribution in [0.1, 0.15) is 5.56 Å². The highest BCUT2D eigenvalue weighted by atomic mass is 32.2. The van der Waals surface area contributed by atoms with Crippen molar-refractivity contribution in [1.29, 1.82) is 0 Å². The van der Waals surface area contributed by atoms with Crippen molar-refractivity contribution >= 4 is 23.5 Å². The number of hydrogen-bond acceptors (Lipinski definition) is 3. The average molecular weight is 285 g/mol. The molecule has 0 unspecified atom stereocenters. The minimum atomic E-state index is -0.664. The minimum Gasteiger partial charge on any atom is -0.350 e. The van der Waals surface area contributed by atoms with Crippen LogP contribution in [0.15, 0.2) is 70.7 Å². The number of amides is 2. The molecule has 0 aromatic heterocycles. The van der Waals surface area contributed by atoms with Gasteiger partial charge in [0.2, 0.25) is 0 Å². The van der Waals surface area contributed by atoms with E-state index in [2.05, 4.69) is 10.5 Å². The monoisotopic (exact) mass is 285 g/mol. The molecule has 0 saturated heterocycles. The number of nitrogens with two attached hydrogens (primary N) is 1. The van der Waals surface area contributed by atoms with Crippen molar-refractivity contribution in [3.8, 4) is 0 Å². The maximum absolute atomic E-state index is 10.8. The number of thioether (sulfide) groups is 1. The predicted octanol–water partition coefficient (Wildman–Crippen LogP) is 2.85. The number of carbonyl (C=O) groups excluding carboxylic acids is 1. The molecule has 2 aromatic carbocycles. The molecule has 102 valence electrons. The Morgan fingerprint density at radius 2 is 1.65 bits per heavy atom. The summed E-state index contributed by atoms with van der Waals surface area (Å²) in [7, 11) is 0. The van der Waals surface area contributed by atoms with Crippen LogP contribution >= 0.6 is 11.8 Å². The fourth-order valence-electron chi connectivity index (χ4n) is 1.60. The molecular weight excluding hydrogens is 270 g/mol. The van der Waals surface area contributed by atoms with Gasteiger partial charge in [-0.05, 0) is 17.7 Å². The van der Waals surface area contributed by atoms with Crippen molar-refractivity contribution in [1.82, 2.24) is 5.43 Å². The summed E-state index contributed by atoms with van der Waals surface area (Å²) in [6, 6.07) is 19.1. The van der Waals surface area contributed by atoms with Crippen molar-refractivity contribution in [2.45, 2.75) is 4.90 Å². The number of rotatable bonds is 5. The van der Waals surface area contributed by atoms with Crippen LogP contribution in [0.3, 0.4) is 0 Å². The van der Waals surface area contributed by atoms with E-state index >= 15 is 0 Å². The molecule has 0 heterocycles.